The number of allylic oxidation sites excluding steroid dienone is 1. The van der Waals surface area contributed by atoms with Crippen molar-refractivity contribution in [2.24, 2.45) is 17.8 Å². The number of carbonyl (C=O) groups is 1. The predicted octanol–water partition coefficient (Wildman–Crippen LogP) is 7.65. The summed E-state index contributed by atoms with van der Waals surface area (Å²) in [4.78, 5) is 17.3. The lowest BCUT2D eigenvalue weighted by molar-refractivity contribution is -0.129. The van der Waals surface area contributed by atoms with Crippen LogP contribution in [0.4, 0.5) is 0 Å². The van der Waals surface area contributed by atoms with E-state index in [9.17, 15) is 4.79 Å². The lowest BCUT2D eigenvalue weighted by atomic mass is 9.70. The highest BCUT2D eigenvalue weighted by Gasteiger charge is 2.42. The number of rotatable bonds is 9. The van der Waals surface area contributed by atoms with Crippen molar-refractivity contribution in [3.63, 3.8) is 0 Å². The second kappa shape index (κ2) is 11.9. The van der Waals surface area contributed by atoms with Gasteiger partial charge in [-0.25, -0.2) is 0 Å². The topological polar surface area (TPSA) is 51.2 Å². The van der Waals surface area contributed by atoms with Crippen LogP contribution < -0.4 is 10.1 Å². The molecule has 0 bridgehead atoms. The van der Waals surface area contributed by atoms with Crippen molar-refractivity contribution in [2.75, 3.05) is 0 Å². The highest BCUT2D eigenvalue weighted by atomic mass is 35.5. The SMILES string of the molecule is C=CC[C@H]1C[C@H](c2cccc(Cl)c2)[C@H](C(C)C(C)C(Oc2cccnc2)c2ccc(Cl)cc2)NC1=O. The summed E-state index contributed by atoms with van der Waals surface area (Å²) >= 11 is 12.6. The molecular formula is C30H32Cl2N2O2. The first-order valence-corrected chi connectivity index (χ1v) is 13.1. The van der Waals surface area contributed by atoms with Crippen LogP contribution in [-0.2, 0) is 4.79 Å². The molecule has 4 rings (SSSR count). The van der Waals surface area contributed by atoms with Gasteiger partial charge in [0.05, 0.1) is 6.20 Å². The number of nitrogens with zero attached hydrogens (tertiary/aromatic N) is 1. The largest absolute Gasteiger partial charge is 0.484 e. The quantitative estimate of drug-likeness (QED) is 0.293. The van der Waals surface area contributed by atoms with Crippen molar-refractivity contribution in [1.29, 1.82) is 0 Å². The highest BCUT2D eigenvalue weighted by molar-refractivity contribution is 6.30. The van der Waals surface area contributed by atoms with Gasteiger partial charge in [-0.2, -0.15) is 0 Å². The van der Waals surface area contributed by atoms with E-state index in [1.807, 2.05) is 60.7 Å². The Morgan fingerprint density at radius 1 is 1.11 bits per heavy atom. The highest BCUT2D eigenvalue weighted by Crippen LogP contribution is 2.42. The maximum Gasteiger partial charge on any atom is 0.223 e. The molecule has 1 fully saturated rings. The van der Waals surface area contributed by atoms with Crippen LogP contribution in [0.25, 0.3) is 0 Å². The molecule has 1 N–H and O–H groups in total. The number of nitrogens with one attached hydrogen (secondary N) is 1. The number of pyridine rings is 1. The maximum atomic E-state index is 13.1. The molecular weight excluding hydrogens is 491 g/mol. The molecule has 1 aliphatic rings. The summed E-state index contributed by atoms with van der Waals surface area (Å²) in [6.07, 6.45) is 6.40. The first-order valence-electron chi connectivity index (χ1n) is 12.4. The Morgan fingerprint density at radius 3 is 2.56 bits per heavy atom. The standard InChI is InChI=1S/C30H32Cl2N2O2/c1-4-7-23-17-27(22-8-5-9-25(32)16-22)28(34-30(23)35)19(2)20(3)29(21-11-13-24(31)14-12-21)36-26-10-6-15-33-18-26/h4-6,8-16,18-20,23,27-29H,1,7,17H2,2-3H3,(H,34,35)/t19?,20?,23-,27+,28-,29?/m0/s1. The van der Waals surface area contributed by atoms with Gasteiger partial charge in [-0.05, 0) is 66.3 Å². The zero-order chi connectivity index (χ0) is 25.7. The fourth-order valence-electron chi connectivity index (χ4n) is 5.22. The van der Waals surface area contributed by atoms with E-state index in [4.69, 9.17) is 27.9 Å². The number of amides is 1. The Labute approximate surface area is 223 Å². The minimum absolute atomic E-state index is 0.0503. The van der Waals surface area contributed by atoms with E-state index in [2.05, 4.69) is 36.8 Å². The Morgan fingerprint density at radius 2 is 1.89 bits per heavy atom. The summed E-state index contributed by atoms with van der Waals surface area (Å²) in [5.74, 6) is 0.918. The fourth-order valence-corrected chi connectivity index (χ4v) is 5.55. The van der Waals surface area contributed by atoms with Gasteiger partial charge in [-0.15, -0.1) is 6.58 Å². The van der Waals surface area contributed by atoms with Crippen LogP contribution in [0.3, 0.4) is 0 Å². The number of ether oxygens (including phenoxy) is 1. The van der Waals surface area contributed by atoms with Gasteiger partial charge in [0.2, 0.25) is 5.91 Å². The summed E-state index contributed by atoms with van der Waals surface area (Å²) in [6.45, 7) is 8.22. The Balaban J connectivity index is 1.67. The Hall–Kier alpha value is -2.82. The number of benzene rings is 2. The molecule has 2 heterocycles. The molecule has 0 aliphatic carbocycles. The van der Waals surface area contributed by atoms with Gasteiger partial charge >= 0.3 is 0 Å². The molecule has 0 saturated carbocycles. The maximum absolute atomic E-state index is 13.1. The van der Waals surface area contributed by atoms with Crippen molar-refractivity contribution in [3.8, 4) is 5.75 Å². The Kier molecular flexibility index (Phi) is 8.71. The lowest BCUT2D eigenvalue weighted by Crippen LogP contribution is -2.53. The number of carbonyl (C=O) groups excluding carboxylic acids is 1. The third-order valence-electron chi connectivity index (χ3n) is 7.35. The van der Waals surface area contributed by atoms with Crippen molar-refractivity contribution < 1.29 is 9.53 Å². The predicted molar refractivity (Wildman–Crippen MR) is 146 cm³/mol. The monoisotopic (exact) mass is 522 g/mol. The Bertz CT molecular complexity index is 1170. The summed E-state index contributed by atoms with van der Waals surface area (Å²) in [6, 6.07) is 19.4. The number of piperidine rings is 1. The third-order valence-corrected chi connectivity index (χ3v) is 7.84. The van der Waals surface area contributed by atoms with Gasteiger partial charge in [-0.3, -0.25) is 9.78 Å². The number of halogens is 2. The van der Waals surface area contributed by atoms with Crippen molar-refractivity contribution in [2.45, 2.75) is 44.8 Å². The molecule has 1 amide bonds. The van der Waals surface area contributed by atoms with Gasteiger partial charge in [-0.1, -0.05) is 67.4 Å². The number of hydrogen-bond donors (Lipinski definition) is 1. The fraction of sp³-hybridized carbons (Fsp3) is 0.333. The van der Waals surface area contributed by atoms with Crippen LogP contribution in [0.1, 0.15) is 49.8 Å². The molecule has 2 aromatic carbocycles. The zero-order valence-corrected chi connectivity index (χ0v) is 22.1. The van der Waals surface area contributed by atoms with Crippen LogP contribution >= 0.6 is 23.2 Å². The van der Waals surface area contributed by atoms with Crippen molar-refractivity contribution in [1.82, 2.24) is 10.3 Å². The van der Waals surface area contributed by atoms with E-state index in [-0.39, 0.29) is 41.7 Å². The van der Waals surface area contributed by atoms with E-state index in [0.29, 0.717) is 22.2 Å². The van der Waals surface area contributed by atoms with Gasteiger partial charge in [0, 0.05) is 40.0 Å². The van der Waals surface area contributed by atoms with E-state index < -0.39 is 0 Å². The minimum atomic E-state index is -0.260. The second-order valence-electron chi connectivity index (χ2n) is 9.65. The van der Waals surface area contributed by atoms with E-state index in [1.165, 1.54) is 0 Å². The molecule has 36 heavy (non-hydrogen) atoms. The van der Waals surface area contributed by atoms with Crippen molar-refractivity contribution >= 4 is 29.1 Å². The molecule has 4 nitrogen and oxygen atoms in total. The van der Waals surface area contributed by atoms with Crippen LogP contribution in [0.15, 0.2) is 85.7 Å². The zero-order valence-electron chi connectivity index (χ0n) is 20.6. The van der Waals surface area contributed by atoms with Crippen LogP contribution in [0.2, 0.25) is 10.0 Å². The molecule has 1 aliphatic heterocycles. The number of hydrogen-bond acceptors (Lipinski definition) is 3. The minimum Gasteiger partial charge on any atom is -0.484 e. The summed E-state index contributed by atoms with van der Waals surface area (Å²) in [5, 5.41) is 4.73. The van der Waals surface area contributed by atoms with Gasteiger partial charge < -0.3 is 10.1 Å². The summed E-state index contributed by atoms with van der Waals surface area (Å²) < 4.78 is 6.51. The van der Waals surface area contributed by atoms with Crippen LogP contribution in [0.5, 0.6) is 5.75 Å². The molecule has 6 atom stereocenters. The van der Waals surface area contributed by atoms with Crippen molar-refractivity contribution in [3.05, 3.63) is 107 Å². The average molecular weight is 524 g/mol. The van der Waals surface area contributed by atoms with Crippen LogP contribution in [0, 0.1) is 17.8 Å². The first kappa shape index (κ1) is 26.2. The molecule has 1 saturated heterocycles. The summed E-state index contributed by atoms with van der Waals surface area (Å²) in [5.41, 5.74) is 2.16. The van der Waals surface area contributed by atoms with E-state index >= 15 is 0 Å². The van der Waals surface area contributed by atoms with E-state index in [0.717, 1.165) is 17.5 Å². The molecule has 188 valence electrons. The average Bonchev–Trinajstić information content (AvgIpc) is 2.89. The first-order chi connectivity index (χ1) is 17.4. The normalized spacial score (nSPS) is 22.2. The molecule has 3 aromatic rings. The molecule has 3 unspecified atom stereocenters. The molecule has 1 aromatic heterocycles. The molecule has 6 heteroatoms. The summed E-state index contributed by atoms with van der Waals surface area (Å²) in [7, 11) is 0. The van der Waals surface area contributed by atoms with Crippen LogP contribution in [-0.4, -0.2) is 16.9 Å². The second-order valence-corrected chi connectivity index (χ2v) is 10.5. The van der Waals surface area contributed by atoms with E-state index in [1.54, 1.807) is 12.4 Å². The molecule has 0 radical (unpaired) electrons. The van der Waals surface area contributed by atoms with Gasteiger partial charge in [0.25, 0.3) is 0 Å². The van der Waals surface area contributed by atoms with Gasteiger partial charge in [0.1, 0.15) is 11.9 Å². The van der Waals surface area contributed by atoms with Gasteiger partial charge in [0.15, 0.2) is 0 Å². The molecule has 0 spiro atoms. The third kappa shape index (κ3) is 6.11. The smallest absolute Gasteiger partial charge is 0.223 e. The number of aromatic nitrogens is 1. The lowest BCUT2D eigenvalue weighted by Gasteiger charge is -2.43.